The van der Waals surface area contributed by atoms with E-state index >= 15 is 0 Å². The van der Waals surface area contributed by atoms with E-state index in [0.29, 0.717) is 32.4 Å². The van der Waals surface area contributed by atoms with Crippen LogP contribution in [0.2, 0.25) is 0 Å². The largest absolute Gasteiger partial charge is 0.368 e. The van der Waals surface area contributed by atoms with Crippen LogP contribution in [0.5, 0.6) is 0 Å². The number of piperazine rings is 1. The Morgan fingerprint density at radius 1 is 1.21 bits per heavy atom. The number of primary amides is 1. The van der Waals surface area contributed by atoms with E-state index < -0.39 is 11.9 Å². The molecule has 6 nitrogen and oxygen atoms in total. The quantitative estimate of drug-likeness (QED) is 0.859. The van der Waals surface area contributed by atoms with E-state index in [1.54, 1.807) is 17.0 Å². The van der Waals surface area contributed by atoms with Gasteiger partial charge >= 0.3 is 0 Å². The molecule has 3 amide bonds. The first-order valence-electron chi connectivity index (χ1n) is 7.97. The molecule has 24 heavy (non-hydrogen) atoms. The van der Waals surface area contributed by atoms with Gasteiger partial charge in [-0.15, -0.1) is 0 Å². The van der Waals surface area contributed by atoms with Crippen molar-refractivity contribution in [3.63, 3.8) is 0 Å². The molecule has 1 heterocycles. The fourth-order valence-corrected chi connectivity index (χ4v) is 2.88. The molecule has 1 saturated heterocycles. The number of hydrogen-bond donors (Lipinski definition) is 1. The molecule has 2 N–H and O–H groups in total. The summed E-state index contributed by atoms with van der Waals surface area (Å²) in [6, 6.07) is 5.44. The van der Waals surface area contributed by atoms with Crippen molar-refractivity contribution in [3.05, 3.63) is 35.6 Å². The number of benzene rings is 1. The van der Waals surface area contributed by atoms with Crippen molar-refractivity contribution < 1.29 is 18.8 Å². The van der Waals surface area contributed by atoms with Crippen molar-refractivity contribution in [3.8, 4) is 0 Å². The van der Waals surface area contributed by atoms with Gasteiger partial charge in [-0.05, 0) is 30.5 Å². The Morgan fingerprint density at radius 3 is 2.46 bits per heavy atom. The first-order valence-corrected chi connectivity index (χ1v) is 7.97. The van der Waals surface area contributed by atoms with E-state index in [0.717, 1.165) is 5.56 Å². The fourth-order valence-electron chi connectivity index (χ4n) is 2.88. The van der Waals surface area contributed by atoms with Crippen LogP contribution in [-0.4, -0.2) is 53.2 Å². The average Bonchev–Trinajstić information content (AvgIpc) is 2.55. The van der Waals surface area contributed by atoms with E-state index in [4.69, 9.17) is 5.73 Å². The van der Waals surface area contributed by atoms with Gasteiger partial charge in [0.15, 0.2) is 0 Å². The van der Waals surface area contributed by atoms with E-state index in [9.17, 15) is 18.8 Å². The van der Waals surface area contributed by atoms with Gasteiger partial charge in [-0.1, -0.05) is 12.1 Å². The Bertz CT molecular complexity index is 618. The van der Waals surface area contributed by atoms with Crippen LogP contribution < -0.4 is 5.73 Å². The molecule has 0 unspecified atom stereocenters. The monoisotopic (exact) mass is 335 g/mol. The summed E-state index contributed by atoms with van der Waals surface area (Å²) in [5.41, 5.74) is 6.32. The topological polar surface area (TPSA) is 83.7 Å². The number of hydrogen-bond acceptors (Lipinski definition) is 3. The van der Waals surface area contributed by atoms with Crippen molar-refractivity contribution >= 4 is 17.7 Å². The second-order valence-electron chi connectivity index (χ2n) is 5.95. The number of amides is 3. The summed E-state index contributed by atoms with van der Waals surface area (Å²) in [7, 11) is 0. The van der Waals surface area contributed by atoms with E-state index in [1.165, 1.54) is 24.0 Å². The first-order chi connectivity index (χ1) is 11.4. The number of rotatable bonds is 5. The van der Waals surface area contributed by atoms with Gasteiger partial charge in [-0.3, -0.25) is 14.4 Å². The van der Waals surface area contributed by atoms with Crippen LogP contribution >= 0.6 is 0 Å². The van der Waals surface area contributed by atoms with Crippen molar-refractivity contribution in [2.45, 2.75) is 32.2 Å². The molecule has 1 aromatic rings. The number of halogens is 1. The molecule has 1 fully saturated rings. The molecule has 1 aliphatic rings. The lowest BCUT2D eigenvalue weighted by molar-refractivity contribution is -0.146. The first kappa shape index (κ1) is 17.9. The van der Waals surface area contributed by atoms with Crippen molar-refractivity contribution in [1.29, 1.82) is 0 Å². The minimum absolute atomic E-state index is 0.0634. The second-order valence-corrected chi connectivity index (χ2v) is 5.95. The summed E-state index contributed by atoms with van der Waals surface area (Å²) < 4.78 is 12.8. The highest BCUT2D eigenvalue weighted by Crippen LogP contribution is 2.13. The van der Waals surface area contributed by atoms with Crippen LogP contribution in [0.3, 0.4) is 0 Å². The Kier molecular flexibility index (Phi) is 5.89. The number of carbonyl (C=O) groups excluding carboxylic acids is 3. The van der Waals surface area contributed by atoms with E-state index in [1.807, 2.05) is 0 Å². The molecular formula is C17H22FN3O3. The minimum Gasteiger partial charge on any atom is -0.368 e. The zero-order valence-corrected chi connectivity index (χ0v) is 13.7. The average molecular weight is 335 g/mol. The number of nitrogens with zero attached hydrogens (tertiary/aromatic N) is 2. The van der Waals surface area contributed by atoms with Gasteiger partial charge in [-0.25, -0.2) is 4.39 Å². The smallest absolute Gasteiger partial charge is 0.242 e. The van der Waals surface area contributed by atoms with Gasteiger partial charge in [0.25, 0.3) is 0 Å². The number of aryl methyl sites for hydroxylation is 1. The zero-order valence-electron chi connectivity index (χ0n) is 13.7. The third-order valence-electron chi connectivity index (χ3n) is 4.24. The summed E-state index contributed by atoms with van der Waals surface area (Å²) in [5, 5.41) is 0. The van der Waals surface area contributed by atoms with E-state index in [2.05, 4.69) is 0 Å². The van der Waals surface area contributed by atoms with Crippen LogP contribution in [0.1, 0.15) is 25.3 Å². The van der Waals surface area contributed by atoms with Gasteiger partial charge in [0.1, 0.15) is 11.9 Å². The molecule has 0 spiro atoms. The zero-order chi connectivity index (χ0) is 17.7. The maximum absolute atomic E-state index is 12.8. The summed E-state index contributed by atoms with van der Waals surface area (Å²) in [5.74, 6) is -1.17. The number of nitrogens with two attached hydrogens (primary N) is 1. The van der Waals surface area contributed by atoms with Crippen LogP contribution in [-0.2, 0) is 20.8 Å². The van der Waals surface area contributed by atoms with Crippen LogP contribution in [0.15, 0.2) is 24.3 Å². The van der Waals surface area contributed by atoms with Crippen molar-refractivity contribution in [2.75, 3.05) is 19.6 Å². The van der Waals surface area contributed by atoms with Gasteiger partial charge in [0.2, 0.25) is 17.7 Å². The highest BCUT2D eigenvalue weighted by Gasteiger charge is 2.34. The Balaban J connectivity index is 1.85. The third kappa shape index (κ3) is 4.53. The normalized spacial score (nSPS) is 17.7. The van der Waals surface area contributed by atoms with Crippen LogP contribution in [0.25, 0.3) is 0 Å². The van der Waals surface area contributed by atoms with Crippen LogP contribution in [0, 0.1) is 5.82 Å². The van der Waals surface area contributed by atoms with E-state index in [-0.39, 0.29) is 24.2 Å². The lowest BCUT2D eigenvalue weighted by Gasteiger charge is -2.39. The molecule has 0 aromatic heterocycles. The van der Waals surface area contributed by atoms with Crippen molar-refractivity contribution in [2.24, 2.45) is 5.73 Å². The second kappa shape index (κ2) is 7.90. The summed E-state index contributed by atoms with van der Waals surface area (Å²) in [6.45, 7) is 2.24. The summed E-state index contributed by atoms with van der Waals surface area (Å²) >= 11 is 0. The molecular weight excluding hydrogens is 313 g/mol. The van der Waals surface area contributed by atoms with Crippen LogP contribution in [0.4, 0.5) is 4.39 Å². The molecule has 2 rings (SSSR count). The molecule has 1 aromatic carbocycles. The Morgan fingerprint density at radius 2 is 1.88 bits per heavy atom. The van der Waals surface area contributed by atoms with Gasteiger partial charge in [-0.2, -0.15) is 0 Å². The summed E-state index contributed by atoms with van der Waals surface area (Å²) in [6.07, 6.45) is 1.65. The van der Waals surface area contributed by atoms with Gasteiger partial charge in [0, 0.05) is 26.4 Å². The standard InChI is InChI=1S/C17H22FN3O3/c1-12(22)21-10-9-20(11-15(21)17(19)24)16(23)4-2-3-13-5-7-14(18)8-6-13/h5-8,15H,2-4,9-11H2,1H3,(H2,19,24)/t15-/m0/s1. The number of carbonyl (C=O) groups is 3. The fraction of sp³-hybridized carbons (Fsp3) is 0.471. The highest BCUT2D eigenvalue weighted by atomic mass is 19.1. The molecule has 1 atom stereocenters. The molecule has 130 valence electrons. The third-order valence-corrected chi connectivity index (χ3v) is 4.24. The molecule has 0 saturated carbocycles. The summed E-state index contributed by atoms with van der Waals surface area (Å²) in [4.78, 5) is 38.3. The molecule has 7 heteroatoms. The van der Waals surface area contributed by atoms with Gasteiger partial charge in [0.05, 0.1) is 6.54 Å². The highest BCUT2D eigenvalue weighted by molar-refractivity contribution is 5.87. The molecule has 0 radical (unpaired) electrons. The van der Waals surface area contributed by atoms with Gasteiger partial charge < -0.3 is 15.5 Å². The SMILES string of the molecule is CC(=O)N1CCN(C(=O)CCCc2ccc(F)cc2)C[C@H]1C(N)=O. The molecule has 1 aliphatic heterocycles. The molecule has 0 bridgehead atoms. The maximum atomic E-state index is 12.8. The predicted octanol–water partition coefficient (Wildman–Crippen LogP) is 0.693. The maximum Gasteiger partial charge on any atom is 0.242 e. The molecule has 0 aliphatic carbocycles. The Hall–Kier alpha value is -2.44. The Labute approximate surface area is 140 Å². The predicted molar refractivity (Wildman–Crippen MR) is 86.3 cm³/mol. The lowest BCUT2D eigenvalue weighted by Crippen LogP contribution is -2.60. The van der Waals surface area contributed by atoms with Crippen molar-refractivity contribution in [1.82, 2.24) is 9.80 Å². The lowest BCUT2D eigenvalue weighted by atomic mass is 10.1. The minimum atomic E-state index is -0.766.